The van der Waals surface area contributed by atoms with Gasteiger partial charge in [-0.3, -0.25) is 28.9 Å². The number of cyclic esters (lactones) is 1. The maximum Gasteiger partial charge on any atom is 0.407 e. The number of alkyl carbamates (subject to hydrolysis) is 1. The molecule has 0 bridgehead atoms. The lowest BCUT2D eigenvalue weighted by Crippen LogP contribution is -2.60. The number of esters is 1. The molecule has 0 aliphatic carbocycles. The van der Waals surface area contributed by atoms with E-state index in [-0.39, 0.29) is 81.2 Å². The molecule has 0 unspecified atom stereocenters. The number of fused-ring (bicyclic) bond motifs is 6. The molecular formula is C47H48N6O17. The summed E-state index contributed by atoms with van der Waals surface area (Å²) in [6, 6.07) is 9.57. The van der Waals surface area contributed by atoms with Gasteiger partial charge in [0.05, 0.1) is 47.9 Å². The van der Waals surface area contributed by atoms with Crippen molar-refractivity contribution in [1.82, 2.24) is 25.1 Å². The molecule has 23 nitrogen and oxygen atoms in total. The van der Waals surface area contributed by atoms with Gasteiger partial charge < -0.3 is 69.7 Å². The molecule has 0 spiro atoms. The predicted octanol–water partition coefficient (Wildman–Crippen LogP) is -0.620. The molecule has 6 atom stereocenters. The van der Waals surface area contributed by atoms with E-state index in [1.807, 2.05) is 6.07 Å². The summed E-state index contributed by atoms with van der Waals surface area (Å²) < 4.78 is 29.5. The molecule has 8 N–H and O–H groups in total. The smallest absolute Gasteiger partial charge is 0.407 e. The Morgan fingerprint density at radius 2 is 1.71 bits per heavy atom. The summed E-state index contributed by atoms with van der Waals surface area (Å²) in [5.74, 6) is -2.54. The SMILES string of the molecule is CC[C@@]1(O)C(=O)OCc2c1cc1n(c2=O)Cc2c-1nc1cc3c(cc1c2CNC(=O)OCc1ccc(O[C@H]2O[C@H](CO)[C@@H](O)[C@H](O)[C@@H]2O)c(NC(=O)CCNC(=O)CCN2C(=O)C=CC2=O)c1)CCO3. The van der Waals surface area contributed by atoms with Gasteiger partial charge in [0, 0.05) is 73.6 Å². The quantitative estimate of drug-likeness (QED) is 0.0479. The fourth-order valence-corrected chi connectivity index (χ4v) is 9.04. The third-order valence-electron chi connectivity index (χ3n) is 12.9. The average molecular weight is 969 g/mol. The van der Waals surface area contributed by atoms with E-state index in [0.717, 1.165) is 22.6 Å². The van der Waals surface area contributed by atoms with Crippen LogP contribution >= 0.6 is 0 Å². The number of rotatable bonds is 15. The van der Waals surface area contributed by atoms with Gasteiger partial charge >= 0.3 is 12.1 Å². The van der Waals surface area contributed by atoms with Gasteiger partial charge in [-0.05, 0) is 47.4 Å². The minimum absolute atomic E-state index is 0.0199. The summed E-state index contributed by atoms with van der Waals surface area (Å²) in [4.78, 5) is 95.3. The van der Waals surface area contributed by atoms with E-state index in [0.29, 0.717) is 57.8 Å². The van der Waals surface area contributed by atoms with Crippen molar-refractivity contribution in [2.45, 2.75) is 95.2 Å². The maximum atomic E-state index is 14.0. The molecule has 7 heterocycles. The van der Waals surface area contributed by atoms with E-state index < -0.39 is 84.2 Å². The van der Waals surface area contributed by atoms with Gasteiger partial charge in [-0.1, -0.05) is 13.0 Å². The minimum atomic E-state index is -2.03. The van der Waals surface area contributed by atoms with Crippen molar-refractivity contribution in [3.05, 3.63) is 92.3 Å². The summed E-state index contributed by atoms with van der Waals surface area (Å²) in [6.45, 7) is 0.384. The zero-order chi connectivity index (χ0) is 49.6. The molecule has 5 aliphatic heterocycles. The molecule has 1 fully saturated rings. The zero-order valence-electron chi connectivity index (χ0n) is 37.5. The highest BCUT2D eigenvalue weighted by molar-refractivity contribution is 6.13. The Bertz CT molecular complexity index is 2920. The van der Waals surface area contributed by atoms with Gasteiger partial charge in [0.25, 0.3) is 17.4 Å². The van der Waals surface area contributed by atoms with Crippen molar-refractivity contribution < 1.29 is 78.0 Å². The number of amides is 5. The normalized spacial score (nSPS) is 23.0. The number of imide groups is 1. The number of nitrogens with one attached hydrogen (secondary N) is 3. The Kier molecular flexibility index (Phi) is 13.1. The topological polar surface area (TPSA) is 324 Å². The number of aromatic nitrogens is 2. The Morgan fingerprint density at radius 3 is 2.47 bits per heavy atom. The van der Waals surface area contributed by atoms with Gasteiger partial charge in [0.1, 0.15) is 49.1 Å². The molecule has 70 heavy (non-hydrogen) atoms. The highest BCUT2D eigenvalue weighted by Gasteiger charge is 2.47. The fraction of sp³-hybridized carbons (Fsp3) is 0.404. The molecule has 1 saturated heterocycles. The first-order valence-corrected chi connectivity index (χ1v) is 22.5. The van der Waals surface area contributed by atoms with Crippen LogP contribution in [-0.2, 0) is 76.5 Å². The highest BCUT2D eigenvalue weighted by Crippen LogP contribution is 2.42. The van der Waals surface area contributed by atoms with E-state index in [1.54, 1.807) is 19.1 Å². The van der Waals surface area contributed by atoms with Gasteiger partial charge in [-0.2, -0.15) is 0 Å². The van der Waals surface area contributed by atoms with Crippen LogP contribution in [0, 0.1) is 0 Å². The number of ether oxygens (including phenoxy) is 5. The fourth-order valence-electron chi connectivity index (χ4n) is 9.04. The van der Waals surface area contributed by atoms with Crippen molar-refractivity contribution >= 4 is 52.3 Å². The molecule has 0 saturated carbocycles. The van der Waals surface area contributed by atoms with Crippen molar-refractivity contribution in [1.29, 1.82) is 0 Å². The number of benzene rings is 2. The maximum absolute atomic E-state index is 14.0. The van der Waals surface area contributed by atoms with E-state index >= 15 is 0 Å². The standard InChI is InChI=1S/C47H48N6O17/c1-2-47(65)28-15-31-39-26(18-53(31)43(62)27(28)21-67-45(47)63)25(24-14-23-9-12-66-33(23)16-29(24)51-39)17-49-46(64)68-20-22-3-4-32(69-44-42(61)41(60)40(59)34(19-54)70-44)30(13-22)50-36(56)7-10-48-35(55)8-11-52-37(57)5-6-38(52)58/h3-6,13-16,34,40-42,44,54,59-61,65H,2,7-12,17-21H2,1H3,(H,48,55)(H,49,64)(H,50,56)/t34-,40-,41+,42+,44+,47+/m1/s1. The summed E-state index contributed by atoms with van der Waals surface area (Å²) >= 11 is 0. The monoisotopic (exact) mass is 968 g/mol. The average Bonchev–Trinajstić information content (AvgIpc) is 4.06. The second-order valence-corrected chi connectivity index (χ2v) is 17.2. The first-order chi connectivity index (χ1) is 33.6. The van der Waals surface area contributed by atoms with Gasteiger partial charge in [0.2, 0.25) is 18.1 Å². The predicted molar refractivity (Wildman–Crippen MR) is 238 cm³/mol. The molecule has 2 aromatic heterocycles. The van der Waals surface area contributed by atoms with Crippen LogP contribution in [0.1, 0.15) is 59.6 Å². The van der Waals surface area contributed by atoms with Crippen LogP contribution < -0.4 is 31.0 Å². The van der Waals surface area contributed by atoms with Gasteiger partial charge in [-0.25, -0.2) is 14.6 Å². The number of hydrogen-bond acceptors (Lipinski definition) is 18. The summed E-state index contributed by atoms with van der Waals surface area (Å²) in [6.07, 6.45) is -6.67. The summed E-state index contributed by atoms with van der Waals surface area (Å²) in [7, 11) is 0. The Morgan fingerprint density at radius 1 is 0.929 bits per heavy atom. The number of aliphatic hydroxyl groups is 5. The third kappa shape index (κ3) is 8.93. The van der Waals surface area contributed by atoms with E-state index in [9.17, 15) is 59.1 Å². The van der Waals surface area contributed by atoms with Crippen molar-refractivity contribution in [3.63, 3.8) is 0 Å². The van der Waals surface area contributed by atoms with Crippen LogP contribution in [-0.4, -0.2) is 133 Å². The first-order valence-electron chi connectivity index (χ1n) is 22.5. The highest BCUT2D eigenvalue weighted by atomic mass is 16.7. The van der Waals surface area contributed by atoms with Crippen LogP contribution in [0.15, 0.2) is 53.3 Å². The van der Waals surface area contributed by atoms with Crippen LogP contribution in [0.5, 0.6) is 11.5 Å². The number of hydrogen-bond donors (Lipinski definition) is 8. The van der Waals surface area contributed by atoms with Crippen LogP contribution in [0.25, 0.3) is 22.3 Å². The van der Waals surface area contributed by atoms with Crippen LogP contribution in [0.4, 0.5) is 10.5 Å². The van der Waals surface area contributed by atoms with E-state index in [1.165, 1.54) is 22.8 Å². The number of carbonyl (C=O) groups is 6. The van der Waals surface area contributed by atoms with Crippen molar-refractivity contribution in [2.75, 3.05) is 31.6 Å². The number of carbonyl (C=O) groups excluding carboxylic acids is 6. The molecule has 9 rings (SSSR count). The van der Waals surface area contributed by atoms with Gasteiger partial charge in [0.15, 0.2) is 5.60 Å². The van der Waals surface area contributed by atoms with E-state index in [4.69, 9.17) is 28.7 Å². The molecular weight excluding hydrogens is 921 g/mol. The first kappa shape index (κ1) is 47.8. The van der Waals surface area contributed by atoms with E-state index in [2.05, 4.69) is 16.0 Å². The molecule has 5 amide bonds. The summed E-state index contributed by atoms with van der Waals surface area (Å²) in [5.41, 5.74) is 1.64. The summed E-state index contributed by atoms with van der Waals surface area (Å²) in [5, 5.41) is 61.0. The number of anilines is 1. The Labute approximate surface area is 396 Å². The second-order valence-electron chi connectivity index (χ2n) is 17.2. The van der Waals surface area contributed by atoms with Crippen LogP contribution in [0.2, 0.25) is 0 Å². The number of pyridine rings is 2. The Hall–Kier alpha value is -7.28. The van der Waals surface area contributed by atoms with Crippen LogP contribution in [0.3, 0.4) is 0 Å². The minimum Gasteiger partial charge on any atom is -0.493 e. The molecule has 0 radical (unpaired) electrons. The lowest BCUT2D eigenvalue weighted by Gasteiger charge is -2.39. The third-order valence-corrected chi connectivity index (χ3v) is 12.9. The largest absolute Gasteiger partial charge is 0.493 e. The molecule has 5 aliphatic rings. The van der Waals surface area contributed by atoms with Crippen molar-refractivity contribution in [3.8, 4) is 22.9 Å². The van der Waals surface area contributed by atoms with Gasteiger partial charge in [-0.15, -0.1) is 0 Å². The molecule has 23 heteroatoms. The molecule has 368 valence electrons. The lowest BCUT2D eigenvalue weighted by atomic mass is 9.86. The number of aliphatic hydroxyl groups excluding tert-OH is 4. The molecule has 4 aromatic rings. The Balaban J connectivity index is 0.914. The lowest BCUT2D eigenvalue weighted by molar-refractivity contribution is -0.277. The number of nitrogens with zero attached hydrogens (tertiary/aromatic N) is 3. The van der Waals surface area contributed by atoms with Crippen molar-refractivity contribution in [2.24, 2.45) is 0 Å². The second kappa shape index (κ2) is 19.3. The molecule has 2 aromatic carbocycles. The zero-order valence-corrected chi connectivity index (χ0v) is 37.5.